The first-order chi connectivity index (χ1) is 13.0. The fraction of sp³-hybridized carbons (Fsp3) is 0.619. The van der Waals surface area contributed by atoms with Gasteiger partial charge in [-0.1, -0.05) is 0 Å². The molecule has 2 aromatic rings. The van der Waals surface area contributed by atoms with Crippen molar-refractivity contribution in [1.82, 2.24) is 9.55 Å². The van der Waals surface area contributed by atoms with Gasteiger partial charge in [0, 0.05) is 0 Å². The van der Waals surface area contributed by atoms with Gasteiger partial charge in [-0.15, -0.1) is 0 Å². The summed E-state index contributed by atoms with van der Waals surface area (Å²) in [5, 5.41) is 2.20. The molecule has 3 nitrogen and oxygen atoms in total. The summed E-state index contributed by atoms with van der Waals surface area (Å²) in [5.41, 5.74) is 0.774. The first-order valence-electron chi connectivity index (χ1n) is 10.3. The molecule has 27 heavy (non-hydrogen) atoms. The van der Waals surface area contributed by atoms with Crippen molar-refractivity contribution in [3.05, 3.63) is 33.6 Å². The summed E-state index contributed by atoms with van der Waals surface area (Å²) in [5.74, 6) is 0. The van der Waals surface area contributed by atoms with E-state index in [9.17, 15) is 4.79 Å². The number of fused-ring (bicyclic) bond motifs is 1. The first kappa shape index (κ1) is 23.1. The molecule has 0 saturated carbocycles. The fourth-order valence-electron chi connectivity index (χ4n) is 3.53. The standard InChI is InChI=1S/C9H7ClN2OS.3C4H9.Sn/c1-12-8(13)6-3-2-5(10)4-7(6)11-9(12)14;3*1-3-4-2;/h2-4H,1H3,(H,11,14);3*1,3-4H2,2H3;/q;;;;+1/p-1. The van der Waals surface area contributed by atoms with Gasteiger partial charge in [-0.2, -0.15) is 0 Å². The molecule has 0 N–H and O–H groups in total. The van der Waals surface area contributed by atoms with Crippen molar-refractivity contribution < 1.29 is 0 Å². The second kappa shape index (κ2) is 11.1. The maximum absolute atomic E-state index is 12.9. The van der Waals surface area contributed by atoms with E-state index in [0.29, 0.717) is 10.4 Å². The van der Waals surface area contributed by atoms with Crippen LogP contribution in [0.15, 0.2) is 28.2 Å². The van der Waals surface area contributed by atoms with E-state index in [1.54, 1.807) is 16.7 Å². The summed E-state index contributed by atoms with van der Waals surface area (Å²) < 4.78 is 5.94. The average molecular weight is 516 g/mol. The van der Waals surface area contributed by atoms with E-state index < -0.39 is 17.0 Å². The maximum atomic E-state index is 12.9. The van der Waals surface area contributed by atoms with Crippen molar-refractivity contribution in [2.45, 2.75) is 77.8 Å². The number of rotatable bonds is 11. The number of hydrogen-bond acceptors (Lipinski definition) is 3. The van der Waals surface area contributed by atoms with Crippen molar-refractivity contribution in [2.24, 2.45) is 7.05 Å². The van der Waals surface area contributed by atoms with Crippen LogP contribution in [-0.4, -0.2) is 26.5 Å². The van der Waals surface area contributed by atoms with Gasteiger partial charge in [0.25, 0.3) is 0 Å². The second-order valence-electron chi connectivity index (χ2n) is 7.52. The zero-order chi connectivity index (χ0) is 19.9. The number of hydrogen-bond donors (Lipinski definition) is 0. The Bertz CT molecular complexity index is 787. The molecular weight excluding hydrogens is 482 g/mol. The third kappa shape index (κ3) is 6.14. The summed E-state index contributed by atoms with van der Waals surface area (Å²) in [7, 11) is 3.91. The molecule has 0 amide bonds. The van der Waals surface area contributed by atoms with Gasteiger partial charge in [0.1, 0.15) is 0 Å². The number of benzene rings is 1. The summed E-state index contributed by atoms with van der Waals surface area (Å²) >= 11 is 3.67. The molecule has 0 spiro atoms. The third-order valence-electron chi connectivity index (χ3n) is 5.26. The Balaban J connectivity index is 2.47. The van der Waals surface area contributed by atoms with E-state index in [0.717, 1.165) is 10.7 Å². The Morgan fingerprint density at radius 3 is 2.11 bits per heavy atom. The first-order valence-corrected chi connectivity index (χ1v) is 21.1. The number of halogens is 1. The van der Waals surface area contributed by atoms with Crippen molar-refractivity contribution in [3.63, 3.8) is 0 Å². The molecule has 0 bridgehead atoms. The third-order valence-corrected chi connectivity index (χ3v) is 26.7. The average Bonchev–Trinajstić information content (AvgIpc) is 2.66. The van der Waals surface area contributed by atoms with Crippen molar-refractivity contribution in [3.8, 4) is 0 Å². The molecule has 2 rings (SSSR count). The number of aromatic nitrogens is 2. The topological polar surface area (TPSA) is 34.9 Å². The Hall–Kier alpha value is -0.201. The molecule has 1 aromatic carbocycles. The van der Waals surface area contributed by atoms with Crippen LogP contribution in [0.5, 0.6) is 0 Å². The van der Waals surface area contributed by atoms with Crippen molar-refractivity contribution in [1.29, 1.82) is 0 Å². The molecule has 0 unspecified atom stereocenters. The molecule has 0 radical (unpaired) electrons. The molecule has 6 heteroatoms. The van der Waals surface area contributed by atoms with Gasteiger partial charge in [-0.3, -0.25) is 0 Å². The zero-order valence-electron chi connectivity index (χ0n) is 17.2. The van der Waals surface area contributed by atoms with Crippen LogP contribution in [0.3, 0.4) is 0 Å². The monoisotopic (exact) mass is 516 g/mol. The summed E-state index contributed by atoms with van der Waals surface area (Å²) in [6.07, 6.45) is 7.67. The van der Waals surface area contributed by atoms with Crippen LogP contribution in [0.4, 0.5) is 0 Å². The van der Waals surface area contributed by atoms with Gasteiger partial charge in [0.05, 0.1) is 0 Å². The summed E-state index contributed by atoms with van der Waals surface area (Å²) in [6.45, 7) is 6.85. The fourth-order valence-corrected chi connectivity index (χ4v) is 25.8. The number of nitrogens with zero attached hydrogens (tertiary/aromatic N) is 2. The molecule has 0 aliphatic carbocycles. The van der Waals surface area contributed by atoms with Crippen LogP contribution in [0, 0.1) is 0 Å². The van der Waals surface area contributed by atoms with Gasteiger partial charge < -0.3 is 0 Å². The van der Waals surface area contributed by atoms with E-state index in [1.807, 2.05) is 22.1 Å². The summed E-state index contributed by atoms with van der Waals surface area (Å²) in [6, 6.07) is 5.39. The molecule has 0 fully saturated rings. The molecule has 0 atom stereocenters. The van der Waals surface area contributed by atoms with E-state index >= 15 is 0 Å². The Labute approximate surface area is 175 Å². The van der Waals surface area contributed by atoms with Crippen molar-refractivity contribution >= 4 is 48.4 Å². The second-order valence-corrected chi connectivity index (χ2v) is 27.1. The molecule has 0 aliphatic heterocycles. The Morgan fingerprint density at radius 1 is 1.04 bits per heavy atom. The Morgan fingerprint density at radius 2 is 1.59 bits per heavy atom. The van der Waals surface area contributed by atoms with Crippen LogP contribution in [0.1, 0.15) is 59.3 Å². The molecule has 0 aliphatic rings. The normalized spacial score (nSPS) is 12.0. The number of unbranched alkanes of at least 4 members (excludes halogenated alkanes) is 3. The molecule has 150 valence electrons. The summed E-state index contributed by atoms with van der Waals surface area (Å²) in [4.78, 5) is 17.8. The van der Waals surface area contributed by atoms with E-state index in [2.05, 4.69) is 20.8 Å². The molecular formula is C21H33ClN2OSSn. The zero-order valence-corrected chi connectivity index (χ0v) is 21.6. The van der Waals surface area contributed by atoms with Gasteiger partial charge in [0.2, 0.25) is 0 Å². The molecule has 0 saturated heterocycles. The van der Waals surface area contributed by atoms with E-state index in [1.165, 1.54) is 51.8 Å². The van der Waals surface area contributed by atoms with Crippen LogP contribution in [-0.2, 0) is 7.05 Å². The minimum absolute atomic E-state index is 0.0424. The predicted octanol–water partition coefficient (Wildman–Crippen LogP) is 7.02. The van der Waals surface area contributed by atoms with Crippen LogP contribution >= 0.6 is 20.5 Å². The van der Waals surface area contributed by atoms with E-state index in [-0.39, 0.29) is 5.56 Å². The Kier molecular flexibility index (Phi) is 9.49. The van der Waals surface area contributed by atoms with Gasteiger partial charge in [0.15, 0.2) is 0 Å². The van der Waals surface area contributed by atoms with E-state index in [4.69, 9.17) is 16.6 Å². The van der Waals surface area contributed by atoms with Gasteiger partial charge >= 0.3 is 176 Å². The van der Waals surface area contributed by atoms with Gasteiger partial charge in [-0.25, -0.2) is 0 Å². The van der Waals surface area contributed by atoms with Crippen LogP contribution in [0.25, 0.3) is 10.9 Å². The SMILES string of the molecule is CCC[CH2][Sn]([CH2]CCC)([CH2]CCC)[S]c1nc2cc(Cl)ccc2c(=O)n1C. The van der Waals surface area contributed by atoms with Crippen LogP contribution in [0.2, 0.25) is 18.3 Å². The molecule has 1 aromatic heterocycles. The predicted molar refractivity (Wildman–Crippen MR) is 123 cm³/mol. The van der Waals surface area contributed by atoms with Gasteiger partial charge in [-0.05, 0) is 0 Å². The minimum atomic E-state index is -2.49. The van der Waals surface area contributed by atoms with Crippen LogP contribution < -0.4 is 5.56 Å². The quantitative estimate of drug-likeness (QED) is 0.238. The van der Waals surface area contributed by atoms with Crippen molar-refractivity contribution in [2.75, 3.05) is 0 Å². The molecule has 1 heterocycles.